The van der Waals surface area contributed by atoms with Crippen LogP contribution in [0.1, 0.15) is 34.7 Å². The fourth-order valence-corrected chi connectivity index (χ4v) is 4.53. The molecule has 1 N–H and O–H groups in total. The number of fused-ring (bicyclic) bond motifs is 3. The Morgan fingerprint density at radius 2 is 1.38 bits per heavy atom. The summed E-state index contributed by atoms with van der Waals surface area (Å²) in [6, 6.07) is 34.0. The monoisotopic (exact) mass is 420 g/mol. The first-order valence-corrected chi connectivity index (χ1v) is 11.3. The Morgan fingerprint density at radius 1 is 0.750 bits per heavy atom. The molecule has 0 aliphatic heterocycles. The maximum atomic E-state index is 6.26. The summed E-state index contributed by atoms with van der Waals surface area (Å²) in [5.41, 5.74) is 12.4. The predicted molar refractivity (Wildman–Crippen MR) is 130 cm³/mol. The summed E-state index contributed by atoms with van der Waals surface area (Å²) in [6.45, 7) is 3.70. The number of nitrogens with one attached hydrogen (secondary N) is 1. The average molecular weight is 421 g/mol. The first kappa shape index (κ1) is 20.5. The van der Waals surface area contributed by atoms with Gasteiger partial charge in [0.2, 0.25) is 0 Å². The molecule has 3 heteroatoms. The Kier molecular flexibility index (Phi) is 6.02. The summed E-state index contributed by atoms with van der Waals surface area (Å²) in [4.78, 5) is 6.26. The molecule has 4 aromatic rings. The highest BCUT2D eigenvalue weighted by Gasteiger charge is 2.24. The topological polar surface area (TPSA) is 24.5 Å². The molecular weight excluding hydrogens is 392 g/mol. The van der Waals surface area contributed by atoms with Crippen molar-refractivity contribution in [2.24, 2.45) is 0 Å². The Bertz CT molecular complexity index is 1150. The van der Waals surface area contributed by atoms with E-state index in [0.717, 1.165) is 31.7 Å². The van der Waals surface area contributed by atoms with Crippen molar-refractivity contribution < 1.29 is 4.84 Å². The molecule has 0 fully saturated rings. The van der Waals surface area contributed by atoms with E-state index in [-0.39, 0.29) is 0 Å². The summed E-state index contributed by atoms with van der Waals surface area (Å²) in [5, 5.41) is 2.12. The molecule has 0 saturated heterocycles. The highest BCUT2D eigenvalue weighted by atomic mass is 16.7. The third kappa shape index (κ3) is 4.31. The Morgan fingerprint density at radius 3 is 2.03 bits per heavy atom. The second-order valence-corrected chi connectivity index (χ2v) is 8.28. The van der Waals surface area contributed by atoms with Crippen LogP contribution in [0.2, 0.25) is 0 Å². The van der Waals surface area contributed by atoms with Gasteiger partial charge in [-0.15, -0.1) is 0 Å². The quantitative estimate of drug-likeness (QED) is 0.297. The Hall–Kier alpha value is -3.40. The maximum absolute atomic E-state index is 6.26. The predicted octanol–water partition coefficient (Wildman–Crippen LogP) is 6.32. The molecule has 1 aliphatic rings. The van der Waals surface area contributed by atoms with Gasteiger partial charge in [-0.05, 0) is 45.9 Å². The van der Waals surface area contributed by atoms with E-state index in [4.69, 9.17) is 4.84 Å². The largest absolute Gasteiger partial charge is 0.393 e. The molecule has 1 aliphatic carbocycles. The van der Waals surface area contributed by atoms with Crippen LogP contribution in [0.15, 0.2) is 97.1 Å². The molecule has 32 heavy (non-hydrogen) atoms. The van der Waals surface area contributed by atoms with Gasteiger partial charge in [0.05, 0.1) is 0 Å². The molecule has 0 saturated carbocycles. The average Bonchev–Trinajstić information content (AvgIpc) is 3.24. The van der Waals surface area contributed by atoms with Gasteiger partial charge in [-0.2, -0.15) is 0 Å². The van der Waals surface area contributed by atoms with E-state index >= 15 is 0 Å². The Balaban J connectivity index is 1.40. The van der Waals surface area contributed by atoms with Crippen molar-refractivity contribution in [1.29, 1.82) is 0 Å². The minimum atomic E-state index is 0.741. The lowest BCUT2D eigenvalue weighted by atomic mass is 9.97. The van der Waals surface area contributed by atoms with Gasteiger partial charge in [0.25, 0.3) is 0 Å². The van der Waals surface area contributed by atoms with E-state index in [1.165, 1.54) is 38.9 Å². The van der Waals surface area contributed by atoms with E-state index in [9.17, 15) is 0 Å². The summed E-state index contributed by atoms with van der Waals surface area (Å²) >= 11 is 0. The van der Waals surface area contributed by atoms with Crippen LogP contribution in [0.25, 0.3) is 11.1 Å². The molecule has 5 rings (SSSR count). The summed E-state index contributed by atoms with van der Waals surface area (Å²) < 4.78 is 0. The van der Waals surface area contributed by atoms with E-state index in [0.29, 0.717) is 0 Å². The van der Waals surface area contributed by atoms with Crippen LogP contribution < -0.4 is 10.4 Å². The second kappa shape index (κ2) is 9.39. The zero-order valence-corrected chi connectivity index (χ0v) is 18.4. The molecule has 0 radical (unpaired) electrons. The third-order valence-corrected chi connectivity index (χ3v) is 6.11. The van der Waals surface area contributed by atoms with E-state index in [2.05, 4.69) is 102 Å². The molecule has 4 aromatic carbocycles. The minimum Gasteiger partial charge on any atom is -0.393 e. The van der Waals surface area contributed by atoms with Crippen molar-refractivity contribution in [2.75, 3.05) is 0 Å². The van der Waals surface area contributed by atoms with Gasteiger partial charge in [0.15, 0.2) is 5.75 Å². The maximum Gasteiger partial charge on any atom is 0.153 e. The third-order valence-electron chi connectivity index (χ3n) is 6.11. The van der Waals surface area contributed by atoms with Crippen LogP contribution in [-0.4, -0.2) is 5.01 Å². The fourth-order valence-electron chi connectivity index (χ4n) is 4.53. The van der Waals surface area contributed by atoms with Gasteiger partial charge in [0, 0.05) is 25.1 Å². The van der Waals surface area contributed by atoms with Crippen molar-refractivity contribution >= 4 is 0 Å². The van der Waals surface area contributed by atoms with Crippen LogP contribution in [0, 0.1) is 0 Å². The van der Waals surface area contributed by atoms with E-state index in [1.54, 1.807) is 0 Å². The van der Waals surface area contributed by atoms with Crippen LogP contribution in [-0.2, 0) is 25.9 Å². The van der Waals surface area contributed by atoms with Crippen molar-refractivity contribution in [3.05, 3.63) is 125 Å². The van der Waals surface area contributed by atoms with E-state index < -0.39 is 0 Å². The van der Waals surface area contributed by atoms with Gasteiger partial charge in [-0.1, -0.05) is 104 Å². The lowest BCUT2D eigenvalue weighted by Crippen LogP contribution is -2.39. The lowest BCUT2D eigenvalue weighted by molar-refractivity contribution is -0.0103. The van der Waals surface area contributed by atoms with Crippen molar-refractivity contribution in [2.45, 2.75) is 32.9 Å². The molecular formula is C29H28N2O. The lowest BCUT2D eigenvalue weighted by Gasteiger charge is -2.24. The molecule has 160 valence electrons. The summed E-state index contributed by atoms with van der Waals surface area (Å²) in [7, 11) is 0. The summed E-state index contributed by atoms with van der Waals surface area (Å²) in [5.74, 6) is 0.902. The van der Waals surface area contributed by atoms with Gasteiger partial charge >= 0.3 is 0 Å². The standard InChI is InChI=1S/C29H28N2O/c1-2-24-17-18-28(27-19-25-15-9-10-16-26(25)29(24)27)32-30-31(20-22-11-5-3-6-12-22)21-23-13-7-4-8-14-23/h3-18,30H,2,19-21H2,1H3. The summed E-state index contributed by atoms with van der Waals surface area (Å²) in [6.07, 6.45) is 1.92. The highest BCUT2D eigenvalue weighted by molar-refractivity contribution is 5.81. The van der Waals surface area contributed by atoms with Crippen LogP contribution >= 0.6 is 0 Å². The van der Waals surface area contributed by atoms with E-state index in [1.807, 2.05) is 12.1 Å². The molecule has 0 bridgehead atoms. The first-order valence-electron chi connectivity index (χ1n) is 11.3. The molecule has 3 nitrogen and oxygen atoms in total. The molecule has 0 aromatic heterocycles. The highest BCUT2D eigenvalue weighted by Crippen LogP contribution is 2.43. The minimum absolute atomic E-state index is 0.741. The zero-order chi connectivity index (χ0) is 21.8. The molecule has 0 atom stereocenters. The second-order valence-electron chi connectivity index (χ2n) is 8.28. The Labute approximate surface area is 190 Å². The van der Waals surface area contributed by atoms with Crippen molar-refractivity contribution in [3.8, 4) is 16.9 Å². The van der Waals surface area contributed by atoms with Crippen LogP contribution in [0.4, 0.5) is 0 Å². The van der Waals surface area contributed by atoms with Gasteiger partial charge in [-0.3, -0.25) is 0 Å². The number of rotatable bonds is 8. The smallest absolute Gasteiger partial charge is 0.153 e. The van der Waals surface area contributed by atoms with Crippen molar-refractivity contribution in [3.63, 3.8) is 0 Å². The molecule has 0 amide bonds. The van der Waals surface area contributed by atoms with Crippen molar-refractivity contribution in [1.82, 2.24) is 10.6 Å². The fraction of sp³-hybridized carbons (Fsp3) is 0.172. The van der Waals surface area contributed by atoms with Gasteiger partial charge in [0.1, 0.15) is 0 Å². The van der Waals surface area contributed by atoms with Gasteiger partial charge in [-0.25, -0.2) is 5.01 Å². The number of aryl methyl sites for hydroxylation is 1. The number of nitrogens with zero attached hydrogens (tertiary/aromatic N) is 1. The first-order chi connectivity index (χ1) is 15.8. The van der Waals surface area contributed by atoms with Crippen LogP contribution in [0.5, 0.6) is 5.75 Å². The molecule has 0 unspecified atom stereocenters. The SMILES string of the molecule is CCc1ccc(ONN(Cc2ccccc2)Cc2ccccc2)c2c1-c1ccccc1C2. The number of hydrazine groups is 1. The normalized spacial score (nSPS) is 11.9. The van der Waals surface area contributed by atoms with Gasteiger partial charge < -0.3 is 4.84 Å². The molecule has 0 heterocycles. The zero-order valence-electron chi connectivity index (χ0n) is 18.4. The molecule has 0 spiro atoms. The number of hydrogen-bond acceptors (Lipinski definition) is 3. The van der Waals surface area contributed by atoms with Crippen LogP contribution in [0.3, 0.4) is 0 Å². The number of hydrogen-bond donors (Lipinski definition) is 1. The number of benzene rings is 4.